The fourth-order valence-electron chi connectivity index (χ4n) is 1.76. The highest BCUT2D eigenvalue weighted by molar-refractivity contribution is 5.94. The van der Waals surface area contributed by atoms with Gasteiger partial charge in [0.2, 0.25) is 5.91 Å². The van der Waals surface area contributed by atoms with Gasteiger partial charge in [-0.25, -0.2) is 0 Å². The molecule has 3 nitrogen and oxygen atoms in total. The molecule has 2 aromatic rings. The molecule has 0 radical (unpaired) electrons. The number of para-hydroxylation sites is 1. The Morgan fingerprint density at radius 2 is 1.78 bits per heavy atom. The van der Waals surface area contributed by atoms with Crippen molar-refractivity contribution in [2.24, 2.45) is 5.73 Å². The number of nitrogens with two attached hydrogens (primary N) is 1. The lowest BCUT2D eigenvalue weighted by atomic mass is 10.1. The predicted molar refractivity (Wildman–Crippen MR) is 70.5 cm³/mol. The number of ether oxygens (including phenoxy) is 1. The van der Waals surface area contributed by atoms with Crippen LogP contribution < -0.4 is 10.5 Å². The van der Waals surface area contributed by atoms with Crippen molar-refractivity contribution < 1.29 is 9.53 Å². The van der Waals surface area contributed by atoms with Gasteiger partial charge in [0.05, 0.1) is 0 Å². The quantitative estimate of drug-likeness (QED) is 0.894. The summed E-state index contributed by atoms with van der Waals surface area (Å²) in [6.45, 7) is 2.32. The van der Waals surface area contributed by atoms with E-state index in [0.717, 1.165) is 16.9 Å². The van der Waals surface area contributed by atoms with Crippen molar-refractivity contribution in [3.8, 4) is 5.75 Å². The summed E-state index contributed by atoms with van der Waals surface area (Å²) in [6.07, 6.45) is 0. The molecule has 92 valence electrons. The molecular weight excluding hydrogens is 226 g/mol. The van der Waals surface area contributed by atoms with Crippen molar-refractivity contribution in [2.45, 2.75) is 13.5 Å². The molecule has 0 saturated carbocycles. The first-order valence-electron chi connectivity index (χ1n) is 5.74. The fraction of sp³-hybridized carbons (Fsp3) is 0.133. The van der Waals surface area contributed by atoms with Crippen LogP contribution in [0.5, 0.6) is 5.75 Å². The molecule has 0 fully saturated rings. The highest BCUT2D eigenvalue weighted by Gasteiger charge is 2.07. The smallest absolute Gasteiger partial charge is 0.249 e. The zero-order chi connectivity index (χ0) is 13.0. The summed E-state index contributed by atoms with van der Waals surface area (Å²) < 4.78 is 5.71. The monoisotopic (exact) mass is 241 g/mol. The molecule has 0 aliphatic rings. The summed E-state index contributed by atoms with van der Waals surface area (Å²) in [7, 11) is 0. The van der Waals surface area contributed by atoms with Gasteiger partial charge < -0.3 is 10.5 Å². The second-order valence-electron chi connectivity index (χ2n) is 4.08. The lowest BCUT2D eigenvalue weighted by molar-refractivity contribution is 0.0998. The number of hydrogen-bond acceptors (Lipinski definition) is 2. The first kappa shape index (κ1) is 12.2. The fourth-order valence-corrected chi connectivity index (χ4v) is 1.76. The van der Waals surface area contributed by atoms with Gasteiger partial charge in [0.1, 0.15) is 12.4 Å². The molecule has 0 bridgehead atoms. The van der Waals surface area contributed by atoms with Crippen LogP contribution in [0.25, 0.3) is 0 Å². The Balaban J connectivity index is 2.16. The van der Waals surface area contributed by atoms with Gasteiger partial charge in [-0.1, -0.05) is 36.4 Å². The van der Waals surface area contributed by atoms with Crippen LogP contribution >= 0.6 is 0 Å². The van der Waals surface area contributed by atoms with E-state index in [9.17, 15) is 4.79 Å². The first-order valence-corrected chi connectivity index (χ1v) is 5.74. The van der Waals surface area contributed by atoms with Crippen molar-refractivity contribution in [3.05, 3.63) is 65.2 Å². The van der Waals surface area contributed by atoms with E-state index in [1.807, 2.05) is 43.3 Å². The average Bonchev–Trinajstić information content (AvgIpc) is 2.38. The molecule has 2 aromatic carbocycles. The van der Waals surface area contributed by atoms with E-state index in [4.69, 9.17) is 10.5 Å². The minimum atomic E-state index is -0.431. The maximum Gasteiger partial charge on any atom is 0.249 e. The predicted octanol–water partition coefficient (Wildman–Crippen LogP) is 2.67. The highest BCUT2D eigenvalue weighted by atomic mass is 16.5. The van der Waals surface area contributed by atoms with Crippen LogP contribution in [-0.4, -0.2) is 5.91 Å². The Labute approximate surface area is 106 Å². The maximum atomic E-state index is 11.3. The van der Waals surface area contributed by atoms with E-state index in [1.165, 1.54) is 0 Å². The molecular formula is C15H15NO2. The Morgan fingerprint density at radius 3 is 2.50 bits per heavy atom. The van der Waals surface area contributed by atoms with Crippen LogP contribution in [0.3, 0.4) is 0 Å². The van der Waals surface area contributed by atoms with Crippen molar-refractivity contribution >= 4 is 5.91 Å². The molecule has 0 heterocycles. The number of hydrogen-bond donors (Lipinski definition) is 1. The molecule has 1 amide bonds. The minimum Gasteiger partial charge on any atom is -0.489 e. The summed E-state index contributed by atoms with van der Waals surface area (Å²) >= 11 is 0. The largest absolute Gasteiger partial charge is 0.489 e. The topological polar surface area (TPSA) is 52.3 Å². The van der Waals surface area contributed by atoms with Gasteiger partial charge in [-0.05, 0) is 24.6 Å². The number of rotatable bonds is 4. The van der Waals surface area contributed by atoms with Gasteiger partial charge >= 0.3 is 0 Å². The van der Waals surface area contributed by atoms with E-state index in [2.05, 4.69) is 0 Å². The van der Waals surface area contributed by atoms with Crippen LogP contribution in [0.2, 0.25) is 0 Å². The molecule has 3 heteroatoms. The molecule has 0 aliphatic carbocycles. The molecule has 2 rings (SSSR count). The highest BCUT2D eigenvalue weighted by Crippen LogP contribution is 2.18. The molecule has 2 N–H and O–H groups in total. The molecule has 0 unspecified atom stereocenters. The van der Waals surface area contributed by atoms with Crippen LogP contribution in [-0.2, 0) is 6.61 Å². The van der Waals surface area contributed by atoms with Gasteiger partial charge in [-0.2, -0.15) is 0 Å². The number of carbonyl (C=O) groups is 1. The first-order chi connectivity index (χ1) is 8.68. The summed E-state index contributed by atoms with van der Waals surface area (Å²) in [5, 5.41) is 0. The van der Waals surface area contributed by atoms with Gasteiger partial charge in [0.15, 0.2) is 0 Å². The summed E-state index contributed by atoms with van der Waals surface area (Å²) in [5.41, 5.74) is 7.69. The Kier molecular flexibility index (Phi) is 3.63. The van der Waals surface area contributed by atoms with E-state index in [1.54, 1.807) is 12.1 Å². The maximum absolute atomic E-state index is 11.3. The van der Waals surface area contributed by atoms with E-state index < -0.39 is 5.91 Å². The third-order valence-electron chi connectivity index (χ3n) is 2.76. The minimum absolute atomic E-state index is 0.337. The van der Waals surface area contributed by atoms with Gasteiger partial charge in [0, 0.05) is 11.1 Å². The number of benzene rings is 2. The molecule has 0 atom stereocenters. The average molecular weight is 241 g/mol. The van der Waals surface area contributed by atoms with Gasteiger partial charge in [-0.3, -0.25) is 4.79 Å². The molecule has 18 heavy (non-hydrogen) atoms. The zero-order valence-electron chi connectivity index (χ0n) is 10.2. The number of aryl methyl sites for hydroxylation is 1. The second kappa shape index (κ2) is 5.36. The Hall–Kier alpha value is -2.29. The van der Waals surface area contributed by atoms with Crippen LogP contribution in [0.15, 0.2) is 48.5 Å². The van der Waals surface area contributed by atoms with Crippen LogP contribution in [0.1, 0.15) is 21.5 Å². The van der Waals surface area contributed by atoms with Crippen molar-refractivity contribution in [1.29, 1.82) is 0 Å². The lowest BCUT2D eigenvalue weighted by Gasteiger charge is -2.10. The number of primary amides is 1. The van der Waals surface area contributed by atoms with Gasteiger partial charge in [0.25, 0.3) is 0 Å². The molecule has 0 saturated heterocycles. The summed E-state index contributed by atoms with van der Waals surface area (Å²) in [4.78, 5) is 11.3. The molecule has 0 spiro atoms. The summed E-state index contributed by atoms with van der Waals surface area (Å²) in [5.74, 6) is 0.385. The standard InChI is InChI=1S/C15H15NO2/c1-11-6-2-5-9-14(11)18-10-12-7-3-4-8-13(12)15(16)17/h2-9H,10H2,1H3,(H2,16,17). The van der Waals surface area contributed by atoms with Gasteiger partial charge in [-0.15, -0.1) is 0 Å². The number of carbonyl (C=O) groups excluding carboxylic acids is 1. The SMILES string of the molecule is Cc1ccccc1OCc1ccccc1C(N)=O. The summed E-state index contributed by atoms with van der Waals surface area (Å²) in [6, 6.07) is 15.0. The van der Waals surface area contributed by atoms with Crippen molar-refractivity contribution in [1.82, 2.24) is 0 Å². The van der Waals surface area contributed by atoms with Crippen LogP contribution in [0.4, 0.5) is 0 Å². The molecule has 0 aromatic heterocycles. The molecule has 0 aliphatic heterocycles. The van der Waals surface area contributed by atoms with Crippen LogP contribution in [0, 0.1) is 6.92 Å². The Morgan fingerprint density at radius 1 is 1.11 bits per heavy atom. The zero-order valence-corrected chi connectivity index (χ0v) is 10.2. The normalized spacial score (nSPS) is 10.1. The number of amides is 1. The third-order valence-corrected chi connectivity index (χ3v) is 2.76. The van der Waals surface area contributed by atoms with E-state index in [-0.39, 0.29) is 0 Å². The van der Waals surface area contributed by atoms with Crippen molar-refractivity contribution in [3.63, 3.8) is 0 Å². The van der Waals surface area contributed by atoms with E-state index in [0.29, 0.717) is 12.2 Å². The Bertz CT molecular complexity index is 564. The third kappa shape index (κ3) is 2.69. The van der Waals surface area contributed by atoms with Crippen molar-refractivity contribution in [2.75, 3.05) is 0 Å². The second-order valence-corrected chi connectivity index (χ2v) is 4.08. The van der Waals surface area contributed by atoms with E-state index >= 15 is 0 Å². The lowest BCUT2D eigenvalue weighted by Crippen LogP contribution is -2.14.